The first kappa shape index (κ1) is 19.4. The van der Waals surface area contributed by atoms with Gasteiger partial charge in [0.05, 0.1) is 0 Å². The van der Waals surface area contributed by atoms with Gasteiger partial charge in [-0.1, -0.05) is 78.9 Å². The van der Waals surface area contributed by atoms with E-state index in [1.807, 2.05) is 78.9 Å². The zero-order valence-electron chi connectivity index (χ0n) is 16.4. The molecule has 0 spiro atoms. The monoisotopic (exact) mass is 394 g/mol. The van der Waals surface area contributed by atoms with Gasteiger partial charge in [-0.2, -0.15) is 0 Å². The first-order chi connectivity index (χ1) is 14.7. The van der Waals surface area contributed by atoms with Crippen LogP contribution in [0.3, 0.4) is 0 Å². The van der Waals surface area contributed by atoms with Gasteiger partial charge >= 0.3 is 0 Å². The van der Waals surface area contributed by atoms with Crippen LogP contribution in [0.1, 0.15) is 15.9 Å². The number of anilines is 1. The number of carbonyl (C=O) groups is 2. The fourth-order valence-corrected chi connectivity index (χ4v) is 3.39. The Hall–Kier alpha value is -3.92. The Balaban J connectivity index is 1.55. The molecule has 2 amide bonds. The maximum atomic E-state index is 13.1. The minimum Gasteiger partial charge on any atom is -0.340 e. The van der Waals surface area contributed by atoms with Gasteiger partial charge in [-0.3, -0.25) is 9.59 Å². The quantitative estimate of drug-likeness (QED) is 0.493. The molecule has 0 bridgehead atoms. The first-order valence-corrected chi connectivity index (χ1v) is 9.88. The first-order valence-electron chi connectivity index (χ1n) is 9.88. The van der Waals surface area contributed by atoms with Gasteiger partial charge in [-0.05, 0) is 40.6 Å². The van der Waals surface area contributed by atoms with E-state index in [0.717, 1.165) is 16.3 Å². The Kier molecular flexibility index (Phi) is 5.85. The van der Waals surface area contributed by atoms with Crippen LogP contribution in [0.2, 0.25) is 0 Å². The summed E-state index contributed by atoms with van der Waals surface area (Å²) in [7, 11) is 0. The summed E-state index contributed by atoms with van der Waals surface area (Å²) in [6.07, 6.45) is 0.402. The third-order valence-corrected chi connectivity index (χ3v) is 4.96. The molecular formula is C26H22N2O2. The van der Waals surface area contributed by atoms with E-state index in [4.69, 9.17) is 0 Å². The van der Waals surface area contributed by atoms with Crippen molar-refractivity contribution in [3.05, 3.63) is 114 Å². The molecule has 0 aromatic heterocycles. The van der Waals surface area contributed by atoms with Crippen LogP contribution >= 0.6 is 0 Å². The second-order valence-corrected chi connectivity index (χ2v) is 7.13. The van der Waals surface area contributed by atoms with Crippen LogP contribution < -0.4 is 10.6 Å². The summed E-state index contributed by atoms with van der Waals surface area (Å²) in [4.78, 5) is 25.8. The molecule has 0 aliphatic rings. The summed E-state index contributed by atoms with van der Waals surface area (Å²) in [5.41, 5.74) is 2.20. The van der Waals surface area contributed by atoms with E-state index in [-0.39, 0.29) is 11.8 Å². The SMILES string of the molecule is O=C(NC(Cc1ccccc1)C(=O)Nc1ccc2ccccc2c1)c1ccccc1. The van der Waals surface area contributed by atoms with Crippen LogP contribution in [-0.2, 0) is 11.2 Å². The van der Waals surface area contributed by atoms with Crippen LogP contribution in [0, 0.1) is 0 Å². The molecule has 1 unspecified atom stereocenters. The van der Waals surface area contributed by atoms with Crippen molar-refractivity contribution in [2.75, 3.05) is 5.32 Å². The highest BCUT2D eigenvalue weighted by molar-refractivity contribution is 6.02. The molecule has 0 saturated carbocycles. The number of carbonyl (C=O) groups excluding carboxylic acids is 2. The lowest BCUT2D eigenvalue weighted by Gasteiger charge is -2.19. The largest absolute Gasteiger partial charge is 0.340 e. The number of hydrogen-bond acceptors (Lipinski definition) is 2. The number of rotatable bonds is 6. The highest BCUT2D eigenvalue weighted by Crippen LogP contribution is 2.19. The van der Waals surface area contributed by atoms with E-state index in [9.17, 15) is 9.59 Å². The van der Waals surface area contributed by atoms with E-state index in [1.165, 1.54) is 0 Å². The maximum absolute atomic E-state index is 13.1. The van der Waals surface area contributed by atoms with Gasteiger partial charge in [0.1, 0.15) is 6.04 Å². The molecule has 0 saturated heterocycles. The number of fused-ring (bicyclic) bond motifs is 1. The van der Waals surface area contributed by atoms with Crippen molar-refractivity contribution in [1.29, 1.82) is 0 Å². The molecular weight excluding hydrogens is 372 g/mol. The topological polar surface area (TPSA) is 58.2 Å². The van der Waals surface area contributed by atoms with E-state index >= 15 is 0 Å². The molecule has 4 aromatic rings. The van der Waals surface area contributed by atoms with Crippen LogP contribution in [-0.4, -0.2) is 17.9 Å². The zero-order valence-corrected chi connectivity index (χ0v) is 16.4. The fourth-order valence-electron chi connectivity index (χ4n) is 3.39. The standard InChI is InChI=1S/C26H22N2O2/c29-25(21-12-5-2-6-13-21)28-24(17-19-9-3-1-4-10-19)26(30)27-23-16-15-20-11-7-8-14-22(20)18-23/h1-16,18,24H,17H2,(H,27,30)(H,28,29). The minimum atomic E-state index is -0.702. The normalized spacial score (nSPS) is 11.6. The van der Waals surface area contributed by atoms with Crippen LogP contribution in [0.15, 0.2) is 103 Å². The van der Waals surface area contributed by atoms with E-state index in [0.29, 0.717) is 17.7 Å². The number of hydrogen-bond donors (Lipinski definition) is 2. The van der Waals surface area contributed by atoms with Gasteiger partial charge in [0.25, 0.3) is 5.91 Å². The molecule has 2 N–H and O–H groups in total. The Morgan fingerprint density at radius 2 is 1.33 bits per heavy atom. The van der Waals surface area contributed by atoms with Gasteiger partial charge in [0.15, 0.2) is 0 Å². The number of nitrogens with one attached hydrogen (secondary N) is 2. The minimum absolute atomic E-state index is 0.251. The van der Waals surface area contributed by atoms with Crippen molar-refractivity contribution in [1.82, 2.24) is 5.32 Å². The Morgan fingerprint density at radius 1 is 0.700 bits per heavy atom. The van der Waals surface area contributed by atoms with Crippen molar-refractivity contribution in [3.8, 4) is 0 Å². The van der Waals surface area contributed by atoms with E-state index < -0.39 is 6.04 Å². The van der Waals surface area contributed by atoms with E-state index in [1.54, 1.807) is 24.3 Å². The zero-order chi connectivity index (χ0) is 20.8. The molecule has 0 radical (unpaired) electrons. The van der Waals surface area contributed by atoms with Crippen molar-refractivity contribution < 1.29 is 9.59 Å². The summed E-state index contributed by atoms with van der Waals surface area (Å²) in [5.74, 6) is -0.524. The third-order valence-electron chi connectivity index (χ3n) is 4.96. The Labute approximate surface area is 175 Å². The molecule has 0 aliphatic heterocycles. The Bertz CT molecular complexity index is 1160. The summed E-state index contributed by atoms with van der Waals surface area (Å²) < 4.78 is 0. The third kappa shape index (κ3) is 4.73. The molecule has 30 heavy (non-hydrogen) atoms. The highest BCUT2D eigenvalue weighted by Gasteiger charge is 2.22. The van der Waals surface area contributed by atoms with Gasteiger partial charge in [-0.15, -0.1) is 0 Å². The Morgan fingerprint density at radius 3 is 2.07 bits per heavy atom. The van der Waals surface area contributed by atoms with Crippen molar-refractivity contribution >= 4 is 28.3 Å². The summed E-state index contributed by atoms with van der Waals surface area (Å²) in [6.45, 7) is 0. The van der Waals surface area contributed by atoms with E-state index in [2.05, 4.69) is 10.6 Å². The lowest BCUT2D eigenvalue weighted by atomic mass is 10.0. The van der Waals surface area contributed by atoms with Crippen molar-refractivity contribution in [2.24, 2.45) is 0 Å². The van der Waals surface area contributed by atoms with Crippen LogP contribution in [0.5, 0.6) is 0 Å². The molecule has 4 heteroatoms. The molecule has 4 rings (SSSR count). The van der Waals surface area contributed by atoms with Crippen LogP contribution in [0.4, 0.5) is 5.69 Å². The van der Waals surface area contributed by atoms with Crippen molar-refractivity contribution in [2.45, 2.75) is 12.5 Å². The van der Waals surface area contributed by atoms with Gasteiger partial charge in [0, 0.05) is 17.7 Å². The second kappa shape index (κ2) is 9.05. The highest BCUT2D eigenvalue weighted by atomic mass is 16.2. The average Bonchev–Trinajstić information content (AvgIpc) is 2.80. The maximum Gasteiger partial charge on any atom is 0.251 e. The molecule has 0 fully saturated rings. The number of amides is 2. The van der Waals surface area contributed by atoms with Crippen molar-refractivity contribution in [3.63, 3.8) is 0 Å². The summed E-state index contributed by atoms with van der Waals surface area (Å²) >= 11 is 0. The predicted molar refractivity (Wildman–Crippen MR) is 120 cm³/mol. The summed E-state index contributed by atoms with van der Waals surface area (Å²) in [6, 6.07) is 31.6. The van der Waals surface area contributed by atoms with Gasteiger partial charge in [-0.25, -0.2) is 0 Å². The van der Waals surface area contributed by atoms with Crippen LogP contribution in [0.25, 0.3) is 10.8 Å². The van der Waals surface area contributed by atoms with Gasteiger partial charge < -0.3 is 10.6 Å². The second-order valence-electron chi connectivity index (χ2n) is 7.13. The lowest BCUT2D eigenvalue weighted by molar-refractivity contribution is -0.118. The molecule has 4 nitrogen and oxygen atoms in total. The molecule has 0 heterocycles. The smallest absolute Gasteiger partial charge is 0.251 e. The lowest BCUT2D eigenvalue weighted by Crippen LogP contribution is -2.45. The van der Waals surface area contributed by atoms with Gasteiger partial charge in [0.2, 0.25) is 5.91 Å². The average molecular weight is 394 g/mol. The predicted octanol–water partition coefficient (Wildman–Crippen LogP) is 4.82. The molecule has 148 valence electrons. The molecule has 1 atom stereocenters. The number of benzene rings is 4. The molecule has 0 aliphatic carbocycles. The fraction of sp³-hybridized carbons (Fsp3) is 0.0769. The summed E-state index contributed by atoms with van der Waals surface area (Å²) in [5, 5.41) is 8.00. The molecule has 4 aromatic carbocycles.